The Labute approximate surface area is 134 Å². The number of amides is 1. The second-order valence-electron chi connectivity index (χ2n) is 4.36. The molecule has 0 radical (unpaired) electrons. The van der Waals surface area contributed by atoms with Gasteiger partial charge in [-0.3, -0.25) is 14.9 Å². The molecule has 1 saturated heterocycles. The molecule has 1 N–H and O–H groups in total. The van der Waals surface area contributed by atoms with Crippen LogP contribution in [0.25, 0.3) is 17.4 Å². The summed E-state index contributed by atoms with van der Waals surface area (Å²) in [5.74, 6) is 1.02. The zero-order valence-corrected chi connectivity index (χ0v) is 12.6. The van der Waals surface area contributed by atoms with Crippen LogP contribution in [0.15, 0.2) is 45.7 Å². The molecule has 1 fully saturated rings. The number of hydrogen-bond donors (Lipinski definition) is 1. The van der Waals surface area contributed by atoms with Gasteiger partial charge in [-0.15, -0.1) is 0 Å². The highest BCUT2D eigenvalue weighted by molar-refractivity contribution is 8.19. The van der Waals surface area contributed by atoms with Gasteiger partial charge >= 0.3 is 0 Å². The molecule has 0 spiro atoms. The maximum absolute atomic E-state index is 11.2. The summed E-state index contributed by atoms with van der Waals surface area (Å²) in [6, 6.07) is 9.61. The molecule has 0 aliphatic carbocycles. The second-order valence-corrected chi connectivity index (χ2v) is 5.78. The number of rotatable bonds is 3. The van der Waals surface area contributed by atoms with Crippen molar-refractivity contribution in [3.63, 3.8) is 0 Å². The predicted octanol–water partition coefficient (Wildman–Crippen LogP) is 3.98. The van der Waals surface area contributed by atoms with Crippen LogP contribution < -0.4 is 5.32 Å². The van der Waals surface area contributed by atoms with Gasteiger partial charge in [0.25, 0.3) is 10.9 Å². The number of furan rings is 1. The molecule has 2 aromatic rings. The van der Waals surface area contributed by atoms with Crippen LogP contribution in [0.1, 0.15) is 5.76 Å². The third-order valence-electron chi connectivity index (χ3n) is 2.88. The van der Waals surface area contributed by atoms with Crippen molar-refractivity contribution in [2.75, 3.05) is 0 Å². The molecular formula is C14H8N2O4S2. The highest BCUT2D eigenvalue weighted by Crippen LogP contribution is 2.30. The van der Waals surface area contributed by atoms with E-state index in [1.165, 1.54) is 12.1 Å². The van der Waals surface area contributed by atoms with Gasteiger partial charge in [-0.1, -0.05) is 24.4 Å². The highest BCUT2D eigenvalue weighted by Gasteiger charge is 2.22. The van der Waals surface area contributed by atoms with E-state index in [4.69, 9.17) is 16.6 Å². The number of nitro groups is 1. The number of nitrogens with zero attached hydrogens (tertiary/aromatic N) is 1. The molecule has 8 heteroatoms. The summed E-state index contributed by atoms with van der Waals surface area (Å²) in [7, 11) is 0. The Balaban J connectivity index is 1.90. The fourth-order valence-electron chi connectivity index (χ4n) is 1.91. The fraction of sp³-hybridized carbons (Fsp3) is 0. The average Bonchev–Trinajstić information content (AvgIpc) is 3.06. The van der Waals surface area contributed by atoms with Crippen LogP contribution in [0.2, 0.25) is 0 Å². The summed E-state index contributed by atoms with van der Waals surface area (Å²) in [4.78, 5) is 22.5. The van der Waals surface area contributed by atoms with Crippen molar-refractivity contribution in [3.8, 4) is 11.3 Å². The largest absolute Gasteiger partial charge is 0.457 e. The molecule has 1 aliphatic rings. The molecular weight excluding hydrogens is 324 g/mol. The van der Waals surface area contributed by atoms with E-state index in [0.717, 1.165) is 11.8 Å². The number of nitro benzene ring substituents is 1. The predicted molar refractivity (Wildman–Crippen MR) is 87.5 cm³/mol. The van der Waals surface area contributed by atoms with E-state index in [1.807, 2.05) is 0 Å². The van der Waals surface area contributed by atoms with Crippen molar-refractivity contribution >= 4 is 46.0 Å². The number of non-ortho nitro benzene ring substituents is 1. The van der Waals surface area contributed by atoms with Gasteiger partial charge in [-0.25, -0.2) is 0 Å². The van der Waals surface area contributed by atoms with Gasteiger partial charge in [0.15, 0.2) is 0 Å². The van der Waals surface area contributed by atoms with Gasteiger partial charge in [0, 0.05) is 17.7 Å². The topological polar surface area (TPSA) is 85.4 Å². The van der Waals surface area contributed by atoms with Crippen LogP contribution in [0.5, 0.6) is 0 Å². The Morgan fingerprint density at radius 1 is 1.32 bits per heavy atom. The normalized spacial score (nSPS) is 16.1. The first-order valence-electron chi connectivity index (χ1n) is 6.12. The molecule has 6 nitrogen and oxygen atoms in total. The fourth-order valence-corrected chi connectivity index (χ4v) is 2.92. The number of benzene rings is 1. The number of carbonyl (C=O) groups is 1. The first-order valence-corrected chi connectivity index (χ1v) is 7.35. The lowest BCUT2D eigenvalue weighted by Gasteiger charge is -1.97. The minimum atomic E-state index is -0.458. The number of carbonyl (C=O) groups excluding carboxylic acids is 1. The molecule has 110 valence electrons. The summed E-state index contributed by atoms with van der Waals surface area (Å²) in [5, 5.41) is 13.1. The summed E-state index contributed by atoms with van der Waals surface area (Å²) < 4.78 is 5.64. The molecule has 1 aromatic carbocycles. The molecule has 2 heterocycles. The van der Waals surface area contributed by atoms with Gasteiger partial charge in [0.05, 0.1) is 9.83 Å². The standard InChI is InChI=1S/C14H8N2O4S2/c17-14-15-13(21)12(22-14)7-10-4-5-11(20-10)8-2-1-3-9(6-8)16(18)19/h1-7H,(H,15,17,21)/b12-7+. The number of nitrogens with one attached hydrogen (secondary N) is 1. The van der Waals surface area contributed by atoms with Crippen molar-refractivity contribution in [2.45, 2.75) is 0 Å². The lowest BCUT2D eigenvalue weighted by Crippen LogP contribution is -2.15. The quantitative estimate of drug-likeness (QED) is 0.396. The Morgan fingerprint density at radius 3 is 2.82 bits per heavy atom. The van der Waals surface area contributed by atoms with Crippen LogP contribution in [-0.2, 0) is 0 Å². The van der Waals surface area contributed by atoms with Crippen molar-refractivity contribution < 1.29 is 14.1 Å². The lowest BCUT2D eigenvalue weighted by molar-refractivity contribution is -0.384. The first kappa shape index (κ1) is 14.5. The minimum Gasteiger partial charge on any atom is -0.457 e. The maximum Gasteiger partial charge on any atom is 0.289 e. The first-order chi connectivity index (χ1) is 10.5. The Morgan fingerprint density at radius 2 is 2.14 bits per heavy atom. The van der Waals surface area contributed by atoms with Gasteiger partial charge in [-0.05, 0) is 30.0 Å². The zero-order valence-electron chi connectivity index (χ0n) is 10.9. The SMILES string of the molecule is O=C1NC(=S)/C(=C\c2ccc(-c3cccc([N+](=O)[O-])c3)o2)S1. The summed E-state index contributed by atoms with van der Waals surface area (Å²) >= 11 is 6.03. The number of hydrogen-bond acceptors (Lipinski definition) is 6. The summed E-state index contributed by atoms with van der Waals surface area (Å²) in [6.07, 6.45) is 1.66. The molecule has 0 unspecified atom stereocenters. The third-order valence-corrected chi connectivity index (χ3v) is 4.16. The highest BCUT2D eigenvalue weighted by atomic mass is 32.2. The monoisotopic (exact) mass is 332 g/mol. The van der Waals surface area contributed by atoms with E-state index in [-0.39, 0.29) is 10.9 Å². The Hall–Kier alpha value is -2.45. The van der Waals surface area contributed by atoms with E-state index < -0.39 is 4.92 Å². The van der Waals surface area contributed by atoms with Crippen molar-refractivity contribution in [1.29, 1.82) is 0 Å². The number of thioether (sulfide) groups is 1. The second kappa shape index (κ2) is 5.74. The van der Waals surface area contributed by atoms with Crippen molar-refractivity contribution in [1.82, 2.24) is 5.32 Å². The van der Waals surface area contributed by atoms with Gasteiger partial charge < -0.3 is 9.73 Å². The molecule has 0 saturated carbocycles. The Kier molecular flexibility index (Phi) is 3.78. The van der Waals surface area contributed by atoms with Crippen molar-refractivity contribution in [3.05, 3.63) is 57.2 Å². The van der Waals surface area contributed by atoms with Crippen molar-refractivity contribution in [2.24, 2.45) is 0 Å². The number of thiocarbonyl (C=S) groups is 1. The van der Waals surface area contributed by atoms with Crippen LogP contribution >= 0.6 is 24.0 Å². The molecule has 0 bridgehead atoms. The molecule has 22 heavy (non-hydrogen) atoms. The van der Waals surface area contributed by atoms with Crippen LogP contribution in [-0.4, -0.2) is 15.2 Å². The van der Waals surface area contributed by atoms with Crippen LogP contribution in [0.4, 0.5) is 10.5 Å². The molecule has 3 rings (SSSR count). The van der Waals surface area contributed by atoms with Crippen LogP contribution in [0.3, 0.4) is 0 Å². The maximum atomic E-state index is 11.2. The van der Waals surface area contributed by atoms with E-state index in [2.05, 4.69) is 5.32 Å². The van der Waals surface area contributed by atoms with Crippen LogP contribution in [0, 0.1) is 10.1 Å². The van der Waals surface area contributed by atoms with Gasteiger partial charge in [0.1, 0.15) is 16.5 Å². The van der Waals surface area contributed by atoms with Gasteiger partial charge in [0.2, 0.25) is 0 Å². The van der Waals surface area contributed by atoms with Gasteiger partial charge in [-0.2, -0.15) is 0 Å². The Bertz CT molecular complexity index is 826. The molecule has 1 aromatic heterocycles. The molecule has 0 atom stereocenters. The molecule has 1 amide bonds. The lowest BCUT2D eigenvalue weighted by atomic mass is 10.1. The minimum absolute atomic E-state index is 0.00359. The van der Waals surface area contributed by atoms with E-state index in [0.29, 0.717) is 27.0 Å². The summed E-state index contributed by atoms with van der Waals surface area (Å²) in [6.45, 7) is 0. The van der Waals surface area contributed by atoms with E-state index in [1.54, 1.807) is 30.3 Å². The zero-order chi connectivity index (χ0) is 15.7. The molecule has 1 aliphatic heterocycles. The third kappa shape index (κ3) is 2.92. The summed E-state index contributed by atoms with van der Waals surface area (Å²) in [5.41, 5.74) is 0.603. The van der Waals surface area contributed by atoms with E-state index in [9.17, 15) is 14.9 Å². The van der Waals surface area contributed by atoms with E-state index >= 15 is 0 Å². The average molecular weight is 332 g/mol. The smallest absolute Gasteiger partial charge is 0.289 e.